The van der Waals surface area contributed by atoms with Crippen molar-refractivity contribution < 1.29 is 4.39 Å². The smallest absolute Gasteiger partial charge is 0.161 e. The molecular weight excluding hydrogens is 333 g/mol. The summed E-state index contributed by atoms with van der Waals surface area (Å²) in [5, 5.41) is 3.32. The van der Waals surface area contributed by atoms with Crippen LogP contribution in [0.1, 0.15) is 31.5 Å². The van der Waals surface area contributed by atoms with Gasteiger partial charge in [-0.15, -0.1) is 0 Å². The summed E-state index contributed by atoms with van der Waals surface area (Å²) in [6.45, 7) is 7.04. The second-order valence-corrected chi connectivity index (χ2v) is 5.82. The molecule has 0 bridgehead atoms. The van der Waals surface area contributed by atoms with E-state index in [0.717, 1.165) is 36.5 Å². The van der Waals surface area contributed by atoms with E-state index in [1.807, 2.05) is 13.0 Å². The van der Waals surface area contributed by atoms with Crippen molar-refractivity contribution in [3.05, 3.63) is 39.7 Å². The van der Waals surface area contributed by atoms with Crippen LogP contribution in [-0.4, -0.2) is 16.5 Å². The molecule has 0 unspecified atom stereocenters. The fraction of sp³-hybridized carbons (Fsp3) is 0.375. The SMILES string of the molecule is CCCNc1nc(-c2cc(F)cc(Br)c2)nc(CC)c1C. The molecule has 0 fully saturated rings. The van der Waals surface area contributed by atoms with E-state index in [4.69, 9.17) is 0 Å². The Hall–Kier alpha value is -1.49. The molecule has 0 aliphatic carbocycles. The van der Waals surface area contributed by atoms with Gasteiger partial charge in [-0.2, -0.15) is 0 Å². The summed E-state index contributed by atoms with van der Waals surface area (Å²) in [7, 11) is 0. The van der Waals surface area contributed by atoms with E-state index in [9.17, 15) is 4.39 Å². The first kappa shape index (κ1) is 15.9. The molecule has 0 amide bonds. The van der Waals surface area contributed by atoms with Gasteiger partial charge in [0.05, 0.1) is 0 Å². The Balaban J connectivity index is 2.52. The molecular formula is C16H19BrFN3. The average molecular weight is 352 g/mol. The molecule has 1 aromatic heterocycles. The first-order valence-corrected chi connectivity index (χ1v) is 7.92. The van der Waals surface area contributed by atoms with Gasteiger partial charge >= 0.3 is 0 Å². The van der Waals surface area contributed by atoms with Crippen LogP contribution >= 0.6 is 15.9 Å². The molecule has 1 heterocycles. The summed E-state index contributed by atoms with van der Waals surface area (Å²) in [6, 6.07) is 4.71. The van der Waals surface area contributed by atoms with Crippen molar-refractivity contribution in [1.29, 1.82) is 0 Å². The Morgan fingerprint density at radius 2 is 1.95 bits per heavy atom. The van der Waals surface area contributed by atoms with E-state index in [1.54, 1.807) is 0 Å². The van der Waals surface area contributed by atoms with Crippen molar-refractivity contribution in [3.8, 4) is 11.4 Å². The second kappa shape index (κ2) is 6.98. The van der Waals surface area contributed by atoms with Gasteiger partial charge in [-0.25, -0.2) is 14.4 Å². The van der Waals surface area contributed by atoms with Crippen LogP contribution in [0.4, 0.5) is 10.2 Å². The standard InChI is InChI=1S/C16H19BrFN3/c1-4-6-19-15-10(3)14(5-2)20-16(21-15)11-7-12(17)9-13(18)8-11/h7-9H,4-6H2,1-3H3,(H,19,20,21). The van der Waals surface area contributed by atoms with Gasteiger partial charge in [0, 0.05) is 27.8 Å². The van der Waals surface area contributed by atoms with Gasteiger partial charge in [0.15, 0.2) is 5.82 Å². The monoisotopic (exact) mass is 351 g/mol. The van der Waals surface area contributed by atoms with Gasteiger partial charge in [-0.05, 0) is 38.0 Å². The highest BCUT2D eigenvalue weighted by atomic mass is 79.9. The van der Waals surface area contributed by atoms with E-state index in [2.05, 4.69) is 45.1 Å². The average Bonchev–Trinajstić information content (AvgIpc) is 2.45. The van der Waals surface area contributed by atoms with Gasteiger partial charge in [0.25, 0.3) is 0 Å². The lowest BCUT2D eigenvalue weighted by Gasteiger charge is -2.13. The largest absolute Gasteiger partial charge is 0.370 e. The molecule has 0 atom stereocenters. The molecule has 112 valence electrons. The van der Waals surface area contributed by atoms with Crippen LogP contribution in [0.15, 0.2) is 22.7 Å². The van der Waals surface area contributed by atoms with Crippen LogP contribution in [0.5, 0.6) is 0 Å². The Labute approximate surface area is 133 Å². The van der Waals surface area contributed by atoms with E-state index < -0.39 is 0 Å². The van der Waals surface area contributed by atoms with Gasteiger partial charge in [-0.1, -0.05) is 29.8 Å². The van der Waals surface area contributed by atoms with E-state index in [1.165, 1.54) is 12.1 Å². The minimum absolute atomic E-state index is 0.301. The molecule has 2 aromatic rings. The highest BCUT2D eigenvalue weighted by Gasteiger charge is 2.12. The third-order valence-electron chi connectivity index (χ3n) is 3.24. The highest BCUT2D eigenvalue weighted by molar-refractivity contribution is 9.10. The van der Waals surface area contributed by atoms with Gasteiger partial charge in [0.2, 0.25) is 0 Å². The lowest BCUT2D eigenvalue weighted by molar-refractivity contribution is 0.627. The Morgan fingerprint density at radius 1 is 1.19 bits per heavy atom. The first-order valence-electron chi connectivity index (χ1n) is 7.13. The molecule has 0 saturated heterocycles. The normalized spacial score (nSPS) is 10.7. The lowest BCUT2D eigenvalue weighted by atomic mass is 10.1. The minimum Gasteiger partial charge on any atom is -0.370 e. The Morgan fingerprint density at radius 3 is 2.57 bits per heavy atom. The molecule has 3 nitrogen and oxygen atoms in total. The highest BCUT2D eigenvalue weighted by Crippen LogP contribution is 2.25. The van der Waals surface area contributed by atoms with Gasteiger partial charge in [-0.3, -0.25) is 0 Å². The zero-order valence-corrected chi connectivity index (χ0v) is 14.1. The van der Waals surface area contributed by atoms with Crippen molar-refractivity contribution >= 4 is 21.7 Å². The van der Waals surface area contributed by atoms with E-state index in [-0.39, 0.29) is 5.82 Å². The maximum atomic E-state index is 13.6. The summed E-state index contributed by atoms with van der Waals surface area (Å²) < 4.78 is 14.3. The van der Waals surface area contributed by atoms with E-state index in [0.29, 0.717) is 15.9 Å². The topological polar surface area (TPSA) is 37.8 Å². The quantitative estimate of drug-likeness (QED) is 0.845. The molecule has 1 aromatic carbocycles. The molecule has 0 aliphatic heterocycles. The number of aryl methyl sites for hydroxylation is 1. The number of rotatable bonds is 5. The molecule has 0 radical (unpaired) electrons. The zero-order valence-electron chi connectivity index (χ0n) is 12.5. The van der Waals surface area contributed by atoms with Crippen LogP contribution in [0.2, 0.25) is 0 Å². The number of benzene rings is 1. The van der Waals surface area contributed by atoms with Crippen molar-refractivity contribution in [2.75, 3.05) is 11.9 Å². The number of hydrogen-bond acceptors (Lipinski definition) is 3. The maximum absolute atomic E-state index is 13.6. The van der Waals surface area contributed by atoms with E-state index >= 15 is 0 Å². The van der Waals surface area contributed by atoms with Crippen molar-refractivity contribution in [2.45, 2.75) is 33.6 Å². The summed E-state index contributed by atoms with van der Waals surface area (Å²) in [5.74, 6) is 1.08. The van der Waals surface area contributed by atoms with Crippen molar-refractivity contribution in [2.24, 2.45) is 0 Å². The first-order chi connectivity index (χ1) is 10.0. The van der Waals surface area contributed by atoms with Crippen molar-refractivity contribution in [3.63, 3.8) is 0 Å². The van der Waals surface area contributed by atoms with Crippen molar-refractivity contribution in [1.82, 2.24) is 9.97 Å². The van der Waals surface area contributed by atoms with Crippen LogP contribution in [0, 0.1) is 12.7 Å². The number of nitrogens with zero attached hydrogens (tertiary/aromatic N) is 2. The number of anilines is 1. The molecule has 0 saturated carbocycles. The maximum Gasteiger partial charge on any atom is 0.161 e. The van der Waals surface area contributed by atoms with Gasteiger partial charge in [0.1, 0.15) is 11.6 Å². The second-order valence-electron chi connectivity index (χ2n) is 4.91. The Bertz CT molecular complexity index is 623. The summed E-state index contributed by atoms with van der Waals surface area (Å²) in [4.78, 5) is 9.13. The third kappa shape index (κ3) is 3.79. The Kier molecular flexibility index (Phi) is 5.28. The number of aromatic nitrogens is 2. The molecule has 21 heavy (non-hydrogen) atoms. The molecule has 1 N–H and O–H groups in total. The fourth-order valence-electron chi connectivity index (χ4n) is 2.13. The predicted molar refractivity (Wildman–Crippen MR) is 88.0 cm³/mol. The summed E-state index contributed by atoms with van der Waals surface area (Å²) in [5.41, 5.74) is 2.72. The minimum atomic E-state index is -0.301. The van der Waals surface area contributed by atoms with Crippen LogP contribution in [-0.2, 0) is 6.42 Å². The van der Waals surface area contributed by atoms with Crippen LogP contribution in [0.3, 0.4) is 0 Å². The summed E-state index contributed by atoms with van der Waals surface area (Å²) >= 11 is 3.31. The molecule has 2 rings (SSSR count). The van der Waals surface area contributed by atoms with Crippen LogP contribution < -0.4 is 5.32 Å². The number of halogens is 2. The number of hydrogen-bond donors (Lipinski definition) is 1. The third-order valence-corrected chi connectivity index (χ3v) is 3.70. The van der Waals surface area contributed by atoms with Gasteiger partial charge < -0.3 is 5.32 Å². The zero-order chi connectivity index (χ0) is 15.4. The molecule has 0 spiro atoms. The fourth-order valence-corrected chi connectivity index (χ4v) is 2.60. The molecule has 5 heteroatoms. The van der Waals surface area contributed by atoms with Crippen LogP contribution in [0.25, 0.3) is 11.4 Å². The summed E-state index contributed by atoms with van der Waals surface area (Å²) in [6.07, 6.45) is 1.84. The lowest BCUT2D eigenvalue weighted by Crippen LogP contribution is -2.08. The number of nitrogens with one attached hydrogen (secondary N) is 1. The molecule has 0 aliphatic rings. The predicted octanol–water partition coefficient (Wildman–Crippen LogP) is 4.74.